The minimum atomic E-state index is -1.27. The number of carbonyl (C=O) groups is 3. The molecule has 0 radical (unpaired) electrons. The number of carbonyl (C=O) groups excluding carboxylic acids is 3. The van der Waals surface area contributed by atoms with Crippen molar-refractivity contribution in [1.29, 1.82) is 0 Å². The molecule has 232 valence electrons. The lowest BCUT2D eigenvalue weighted by Gasteiger charge is -2.28. The molecule has 1 heterocycles. The zero-order valence-electron chi connectivity index (χ0n) is 24.9. The third-order valence-electron chi connectivity index (χ3n) is 7.78. The van der Waals surface area contributed by atoms with Crippen molar-refractivity contribution >= 4 is 28.5 Å². The van der Waals surface area contributed by atoms with Crippen molar-refractivity contribution in [3.8, 4) is 0 Å². The molecule has 0 spiro atoms. The van der Waals surface area contributed by atoms with Gasteiger partial charge in [-0.2, -0.15) is 0 Å². The molecule has 1 saturated carbocycles. The first-order valence-corrected chi connectivity index (χ1v) is 14.9. The molecule has 43 heavy (non-hydrogen) atoms. The summed E-state index contributed by atoms with van der Waals surface area (Å²) >= 11 is 0. The van der Waals surface area contributed by atoms with E-state index in [4.69, 9.17) is 10.5 Å². The Morgan fingerprint density at radius 1 is 1.12 bits per heavy atom. The van der Waals surface area contributed by atoms with Gasteiger partial charge in [0.15, 0.2) is 6.23 Å². The van der Waals surface area contributed by atoms with Gasteiger partial charge in [0, 0.05) is 18.5 Å². The van der Waals surface area contributed by atoms with Crippen LogP contribution in [0.4, 0.5) is 0 Å². The fourth-order valence-electron chi connectivity index (χ4n) is 5.42. The van der Waals surface area contributed by atoms with E-state index < -0.39 is 23.8 Å². The highest BCUT2D eigenvalue weighted by Gasteiger charge is 2.30. The number of primary amides is 1. The molecule has 1 aromatic heterocycles. The molecule has 1 fully saturated rings. The first-order chi connectivity index (χ1) is 20.6. The number of nitrogens with two attached hydrogens (primary N) is 1. The Bertz CT molecular complexity index is 1380. The van der Waals surface area contributed by atoms with E-state index in [0.717, 1.165) is 36.5 Å². The summed E-state index contributed by atoms with van der Waals surface area (Å²) < 4.78 is 7.38. The number of aromatic nitrogens is 3. The Hall–Kier alpha value is -3.87. The number of ether oxygens (including phenoxy) is 1. The molecule has 6 N–H and O–H groups in total. The lowest BCUT2D eigenvalue weighted by atomic mass is 9.84. The molecule has 12 nitrogen and oxygen atoms in total. The zero-order valence-corrected chi connectivity index (χ0v) is 24.9. The maximum absolute atomic E-state index is 13.7. The number of benzene rings is 2. The second kappa shape index (κ2) is 15.0. The molecule has 1 aliphatic carbocycles. The van der Waals surface area contributed by atoms with Crippen LogP contribution in [0.1, 0.15) is 81.1 Å². The van der Waals surface area contributed by atoms with E-state index in [-0.39, 0.29) is 31.5 Å². The molecule has 0 saturated heterocycles. The normalized spacial score (nSPS) is 15.6. The van der Waals surface area contributed by atoms with Crippen molar-refractivity contribution in [2.45, 2.75) is 76.7 Å². The summed E-state index contributed by atoms with van der Waals surface area (Å²) in [6, 6.07) is 12.6. The van der Waals surface area contributed by atoms with Crippen molar-refractivity contribution in [1.82, 2.24) is 30.9 Å². The molecule has 3 aromatic rings. The number of fused-ring (bicyclic) bond motifs is 1. The minimum Gasteiger partial charge on any atom is -0.384 e. The standard InChI is InChI=1S/C31H43N7O5/c1-31(2,42)26-18-35-37-38(26)28(43-20-33-15-14-27(32)39)19-34-30(41)25(16-21-8-4-3-5-9-21)36-29(40)24-13-12-22-10-6-7-11-23(22)17-24/h6-7,10-13,17-18,21,25,28,33,42H,3-5,8-9,14-16,19-20H2,1-2H3,(H2,32,39)(H,34,41)(H,36,40)/t25-,28?/m1/s1. The van der Waals surface area contributed by atoms with Gasteiger partial charge in [-0.25, -0.2) is 4.68 Å². The largest absolute Gasteiger partial charge is 0.384 e. The Kier molecular flexibility index (Phi) is 11.2. The molecule has 2 aromatic carbocycles. The number of rotatable bonds is 15. The van der Waals surface area contributed by atoms with Crippen molar-refractivity contribution in [3.05, 3.63) is 59.9 Å². The van der Waals surface area contributed by atoms with Crippen LogP contribution in [-0.4, -0.2) is 63.7 Å². The zero-order chi connectivity index (χ0) is 30.8. The van der Waals surface area contributed by atoms with Gasteiger partial charge >= 0.3 is 0 Å². The Labute approximate surface area is 251 Å². The smallest absolute Gasteiger partial charge is 0.251 e. The quantitative estimate of drug-likeness (QED) is 0.132. The highest BCUT2D eigenvalue weighted by Crippen LogP contribution is 2.28. The first kappa shape index (κ1) is 32.1. The van der Waals surface area contributed by atoms with E-state index >= 15 is 0 Å². The number of aliphatic hydroxyl groups is 1. The van der Waals surface area contributed by atoms with Crippen molar-refractivity contribution in [2.75, 3.05) is 19.8 Å². The van der Waals surface area contributed by atoms with Crippen molar-refractivity contribution < 1.29 is 24.2 Å². The van der Waals surface area contributed by atoms with Crippen LogP contribution in [0, 0.1) is 5.92 Å². The average molecular weight is 594 g/mol. The molecule has 3 amide bonds. The molecule has 2 atom stereocenters. The van der Waals surface area contributed by atoms with E-state index in [1.54, 1.807) is 19.9 Å². The Balaban J connectivity index is 1.48. The van der Waals surface area contributed by atoms with Gasteiger partial charge in [0.25, 0.3) is 5.91 Å². The maximum atomic E-state index is 13.7. The number of amides is 3. The molecule has 1 unspecified atom stereocenters. The third kappa shape index (κ3) is 9.31. The third-order valence-corrected chi connectivity index (χ3v) is 7.78. The summed E-state index contributed by atoms with van der Waals surface area (Å²) in [5, 5.41) is 29.5. The second-order valence-corrected chi connectivity index (χ2v) is 11.7. The molecule has 12 heteroatoms. The summed E-state index contributed by atoms with van der Waals surface area (Å²) in [5.41, 5.74) is 4.81. The van der Waals surface area contributed by atoms with E-state index in [2.05, 4.69) is 26.3 Å². The van der Waals surface area contributed by atoms with E-state index in [9.17, 15) is 19.5 Å². The fraction of sp³-hybridized carbons (Fsp3) is 0.516. The summed E-state index contributed by atoms with van der Waals surface area (Å²) in [7, 11) is 0. The van der Waals surface area contributed by atoms with E-state index in [1.165, 1.54) is 17.3 Å². The van der Waals surface area contributed by atoms with Crippen LogP contribution in [0.2, 0.25) is 0 Å². The van der Waals surface area contributed by atoms with Crippen LogP contribution in [0.15, 0.2) is 48.7 Å². The van der Waals surface area contributed by atoms with Crippen LogP contribution in [0.25, 0.3) is 10.8 Å². The number of nitrogens with zero attached hydrogens (tertiary/aromatic N) is 3. The van der Waals surface area contributed by atoms with Gasteiger partial charge in [0.2, 0.25) is 11.8 Å². The maximum Gasteiger partial charge on any atom is 0.251 e. The minimum absolute atomic E-state index is 0.00418. The van der Waals surface area contributed by atoms with Gasteiger partial charge in [-0.3, -0.25) is 19.7 Å². The van der Waals surface area contributed by atoms with Gasteiger partial charge < -0.3 is 26.2 Å². The lowest BCUT2D eigenvalue weighted by molar-refractivity contribution is -0.125. The predicted octanol–water partition coefficient (Wildman–Crippen LogP) is 2.48. The van der Waals surface area contributed by atoms with Gasteiger partial charge in [0.05, 0.1) is 25.2 Å². The summed E-state index contributed by atoms with van der Waals surface area (Å²) in [4.78, 5) is 38.1. The van der Waals surface area contributed by atoms with Crippen LogP contribution in [0.5, 0.6) is 0 Å². The van der Waals surface area contributed by atoms with Gasteiger partial charge in [0.1, 0.15) is 11.6 Å². The molecular weight excluding hydrogens is 550 g/mol. The highest BCUT2D eigenvalue weighted by molar-refractivity contribution is 6.00. The number of nitrogens with one attached hydrogen (secondary N) is 3. The fourth-order valence-corrected chi connectivity index (χ4v) is 5.42. The SMILES string of the molecule is CC(C)(O)c1cnnn1C(CNC(=O)[C@@H](CC1CCCCC1)NC(=O)c1ccc2ccccc2c1)OCNCCC(N)=O. The second-order valence-electron chi connectivity index (χ2n) is 11.7. The highest BCUT2D eigenvalue weighted by atomic mass is 16.5. The lowest BCUT2D eigenvalue weighted by Crippen LogP contribution is -2.49. The van der Waals surface area contributed by atoms with Gasteiger partial charge in [-0.15, -0.1) is 5.10 Å². The topological polar surface area (TPSA) is 173 Å². The molecule has 4 rings (SSSR count). The van der Waals surface area contributed by atoms with Crippen LogP contribution >= 0.6 is 0 Å². The van der Waals surface area contributed by atoms with Crippen LogP contribution < -0.4 is 21.7 Å². The Morgan fingerprint density at radius 3 is 2.58 bits per heavy atom. The summed E-state index contributed by atoms with van der Waals surface area (Å²) in [6.45, 7) is 3.55. The molecular formula is C31H43N7O5. The Morgan fingerprint density at radius 2 is 1.86 bits per heavy atom. The molecule has 1 aliphatic rings. The molecule has 0 bridgehead atoms. The van der Waals surface area contributed by atoms with Crippen LogP contribution in [-0.2, 0) is 19.9 Å². The predicted molar refractivity (Wildman–Crippen MR) is 161 cm³/mol. The summed E-state index contributed by atoms with van der Waals surface area (Å²) in [5.74, 6) is -0.750. The van der Waals surface area contributed by atoms with E-state index in [0.29, 0.717) is 30.1 Å². The van der Waals surface area contributed by atoms with Crippen molar-refractivity contribution in [2.24, 2.45) is 11.7 Å². The summed E-state index contributed by atoms with van der Waals surface area (Å²) in [6.07, 6.45) is 6.73. The van der Waals surface area contributed by atoms with Crippen molar-refractivity contribution in [3.63, 3.8) is 0 Å². The van der Waals surface area contributed by atoms with E-state index in [1.807, 2.05) is 36.4 Å². The monoisotopic (exact) mass is 593 g/mol. The average Bonchev–Trinajstić information content (AvgIpc) is 3.49. The molecule has 0 aliphatic heterocycles. The van der Waals surface area contributed by atoms with Gasteiger partial charge in [-0.1, -0.05) is 67.6 Å². The first-order valence-electron chi connectivity index (χ1n) is 14.9. The number of hydrogen-bond donors (Lipinski definition) is 5. The van der Waals surface area contributed by atoms with Crippen LogP contribution in [0.3, 0.4) is 0 Å². The van der Waals surface area contributed by atoms with Gasteiger partial charge in [-0.05, 0) is 49.1 Å². The number of hydrogen-bond acceptors (Lipinski definition) is 8.